The van der Waals surface area contributed by atoms with Crippen LogP contribution in [-0.2, 0) is 10.2 Å². The van der Waals surface area contributed by atoms with Crippen LogP contribution in [0, 0.1) is 10.2 Å². The summed E-state index contributed by atoms with van der Waals surface area (Å²) in [6, 6.07) is 17.9. The van der Waals surface area contributed by atoms with Gasteiger partial charge in [0.2, 0.25) is 12.2 Å². The zero-order valence-corrected chi connectivity index (χ0v) is 16.0. The summed E-state index contributed by atoms with van der Waals surface area (Å²) < 4.78 is 36.1. The lowest BCUT2D eigenvalue weighted by molar-refractivity contribution is -2.00. The molecule has 1 aliphatic heterocycles. The average molecular weight is 393 g/mol. The number of rotatable bonds is 3. The summed E-state index contributed by atoms with van der Waals surface area (Å²) in [7, 11) is -4.94. The molecule has 144 valence electrons. The standard InChI is InChI=1S/C19H20N2O.ClHO4/c1-14-19(2,3)16-11-7-8-12-17(16)21(14)13-18(22)20-15-9-5-4-6-10-15;2-1(3,4)5/h4-12H,13H2,1-3H3;(H,2,3,4,5). The first-order chi connectivity index (χ1) is 12.5. The highest BCUT2D eigenvalue weighted by molar-refractivity contribution is 5.96. The Kier molecular flexibility index (Phi) is 6.35. The van der Waals surface area contributed by atoms with Gasteiger partial charge in [-0.05, 0) is 26.0 Å². The summed E-state index contributed by atoms with van der Waals surface area (Å²) in [5.41, 5.74) is 4.41. The van der Waals surface area contributed by atoms with Gasteiger partial charge in [-0.3, -0.25) is 4.79 Å². The quantitative estimate of drug-likeness (QED) is 0.668. The third kappa shape index (κ3) is 5.59. The van der Waals surface area contributed by atoms with E-state index in [1.54, 1.807) is 0 Å². The van der Waals surface area contributed by atoms with Gasteiger partial charge in [0, 0.05) is 24.2 Å². The highest BCUT2D eigenvalue weighted by Gasteiger charge is 2.43. The van der Waals surface area contributed by atoms with Crippen LogP contribution in [0.1, 0.15) is 26.3 Å². The fourth-order valence-electron chi connectivity index (χ4n) is 3.02. The molecule has 2 aromatic rings. The van der Waals surface area contributed by atoms with Crippen molar-refractivity contribution in [1.29, 1.82) is 0 Å². The predicted molar refractivity (Wildman–Crippen MR) is 90.0 cm³/mol. The van der Waals surface area contributed by atoms with Crippen molar-refractivity contribution < 1.29 is 38.2 Å². The first kappa shape index (κ1) is 21.0. The van der Waals surface area contributed by atoms with Gasteiger partial charge >= 0.3 is 0 Å². The number of carbonyl (C=O) groups excluding carboxylic acids is 1. The van der Waals surface area contributed by atoms with E-state index in [-0.39, 0.29) is 11.3 Å². The van der Waals surface area contributed by atoms with E-state index in [1.165, 1.54) is 11.3 Å². The van der Waals surface area contributed by atoms with Crippen LogP contribution in [0.4, 0.5) is 11.4 Å². The van der Waals surface area contributed by atoms with Gasteiger partial charge in [-0.25, -0.2) is 18.6 Å². The maximum absolute atomic E-state index is 12.4. The second-order valence-corrected chi connectivity index (χ2v) is 7.36. The first-order valence-corrected chi connectivity index (χ1v) is 9.41. The van der Waals surface area contributed by atoms with Crippen molar-refractivity contribution in [3.8, 4) is 0 Å². The van der Waals surface area contributed by atoms with E-state index in [4.69, 9.17) is 18.6 Å². The minimum absolute atomic E-state index is 0.00180. The minimum Gasteiger partial charge on any atom is -0.321 e. The summed E-state index contributed by atoms with van der Waals surface area (Å²) in [6.45, 7) is 6.85. The molecule has 0 atom stereocenters. The predicted octanol–water partition coefficient (Wildman–Crippen LogP) is -1.03. The Morgan fingerprint density at radius 2 is 1.52 bits per heavy atom. The number of para-hydroxylation sites is 2. The molecule has 0 unspecified atom stereocenters. The highest BCUT2D eigenvalue weighted by Crippen LogP contribution is 2.38. The van der Waals surface area contributed by atoms with Crippen molar-refractivity contribution in [1.82, 2.24) is 0 Å². The molecule has 1 N–H and O–H groups in total. The first-order valence-electron chi connectivity index (χ1n) is 8.18. The van der Waals surface area contributed by atoms with Gasteiger partial charge in [0.05, 0.1) is 5.41 Å². The highest BCUT2D eigenvalue weighted by atomic mass is 35.7. The van der Waals surface area contributed by atoms with Crippen LogP contribution >= 0.6 is 0 Å². The molecule has 0 aliphatic carbocycles. The molecule has 8 heteroatoms. The Hall–Kier alpha value is -2.29. The van der Waals surface area contributed by atoms with Gasteiger partial charge in [0.25, 0.3) is 5.91 Å². The molecule has 3 rings (SSSR count). The van der Waals surface area contributed by atoms with Gasteiger partial charge in [-0.15, -0.1) is 10.2 Å². The van der Waals surface area contributed by atoms with Gasteiger partial charge in [0.1, 0.15) is 0 Å². The van der Waals surface area contributed by atoms with E-state index in [9.17, 15) is 4.79 Å². The molecular formula is C19H21ClN2O5. The SMILES string of the molecule is CC1=[N+](CC(=O)Nc2ccccc2)c2ccccc2C1(C)C.[O-][Cl+3]([O-])([O-])[O-]. The molecule has 7 nitrogen and oxygen atoms in total. The van der Waals surface area contributed by atoms with Gasteiger partial charge in [0.15, 0.2) is 5.71 Å². The smallest absolute Gasteiger partial charge is 0.290 e. The maximum Gasteiger partial charge on any atom is 0.290 e. The van der Waals surface area contributed by atoms with Crippen molar-refractivity contribution in [2.45, 2.75) is 26.2 Å². The van der Waals surface area contributed by atoms with E-state index >= 15 is 0 Å². The number of halogens is 1. The van der Waals surface area contributed by atoms with E-state index in [0.29, 0.717) is 6.54 Å². The Morgan fingerprint density at radius 1 is 1.00 bits per heavy atom. The van der Waals surface area contributed by atoms with Crippen LogP contribution in [0.15, 0.2) is 54.6 Å². The summed E-state index contributed by atoms with van der Waals surface area (Å²) >= 11 is 0. The van der Waals surface area contributed by atoms with Crippen molar-refractivity contribution >= 4 is 23.0 Å². The lowest BCUT2D eigenvalue weighted by Gasteiger charge is -2.17. The summed E-state index contributed by atoms with van der Waals surface area (Å²) in [6.07, 6.45) is 0. The van der Waals surface area contributed by atoms with Crippen LogP contribution in [0.5, 0.6) is 0 Å². The van der Waals surface area contributed by atoms with Gasteiger partial charge in [-0.1, -0.05) is 36.4 Å². The molecule has 0 spiro atoms. The van der Waals surface area contributed by atoms with Crippen molar-refractivity contribution in [2.75, 3.05) is 11.9 Å². The monoisotopic (exact) mass is 392 g/mol. The van der Waals surface area contributed by atoms with Gasteiger partial charge in [-0.2, -0.15) is 4.58 Å². The zero-order valence-electron chi connectivity index (χ0n) is 15.3. The maximum atomic E-state index is 12.4. The van der Waals surface area contributed by atoms with Crippen LogP contribution in [0.25, 0.3) is 0 Å². The molecule has 2 aromatic carbocycles. The summed E-state index contributed by atoms with van der Waals surface area (Å²) in [5.74, 6) is -0.00180. The molecule has 27 heavy (non-hydrogen) atoms. The average Bonchev–Trinajstić information content (AvgIpc) is 2.76. The second kappa shape index (κ2) is 8.16. The van der Waals surface area contributed by atoms with E-state index in [1.807, 2.05) is 36.4 Å². The number of carbonyl (C=O) groups is 1. The third-order valence-electron chi connectivity index (χ3n) is 4.54. The molecule has 0 fully saturated rings. The number of hydrogen-bond donors (Lipinski definition) is 1. The Bertz CT molecular complexity index is 839. The molecule has 0 aromatic heterocycles. The third-order valence-corrected chi connectivity index (χ3v) is 4.54. The number of anilines is 1. The second-order valence-electron chi connectivity index (χ2n) is 6.61. The molecule has 0 saturated heterocycles. The molecule has 0 saturated carbocycles. The van der Waals surface area contributed by atoms with Crippen molar-refractivity contribution in [3.63, 3.8) is 0 Å². The summed E-state index contributed by atoms with van der Waals surface area (Å²) in [4.78, 5) is 12.4. The van der Waals surface area contributed by atoms with E-state index < -0.39 is 10.2 Å². The number of benzene rings is 2. The lowest BCUT2D eigenvalue weighted by atomic mass is 9.82. The van der Waals surface area contributed by atoms with Crippen LogP contribution in [-0.4, -0.2) is 22.7 Å². The Balaban J connectivity index is 0.000000465. The Labute approximate surface area is 159 Å². The molecule has 1 heterocycles. The van der Waals surface area contributed by atoms with E-state index in [0.717, 1.165) is 11.4 Å². The van der Waals surface area contributed by atoms with Crippen LogP contribution < -0.4 is 24.0 Å². The van der Waals surface area contributed by atoms with Crippen LogP contribution in [0.2, 0.25) is 0 Å². The number of nitrogens with zero attached hydrogens (tertiary/aromatic N) is 1. The summed E-state index contributed by atoms with van der Waals surface area (Å²) in [5, 5.41) is 2.95. The molecular weight excluding hydrogens is 372 g/mol. The fraction of sp³-hybridized carbons (Fsp3) is 0.263. The van der Waals surface area contributed by atoms with E-state index in [2.05, 4.69) is 48.9 Å². The topological polar surface area (TPSA) is 124 Å². The van der Waals surface area contributed by atoms with Crippen molar-refractivity contribution in [2.24, 2.45) is 0 Å². The number of hydrogen-bond acceptors (Lipinski definition) is 5. The number of fused-ring (bicyclic) bond motifs is 1. The molecule has 1 amide bonds. The molecule has 0 bridgehead atoms. The van der Waals surface area contributed by atoms with Gasteiger partial charge < -0.3 is 5.32 Å². The zero-order chi connectivity index (χ0) is 20.2. The van der Waals surface area contributed by atoms with Crippen molar-refractivity contribution in [3.05, 3.63) is 60.2 Å². The minimum atomic E-state index is -4.94. The normalized spacial score (nSPS) is 14.9. The molecule has 1 aliphatic rings. The molecule has 0 radical (unpaired) electrons. The lowest BCUT2D eigenvalue weighted by Crippen LogP contribution is -2.68. The largest absolute Gasteiger partial charge is 0.321 e. The number of nitrogens with one attached hydrogen (secondary N) is 1. The fourth-order valence-corrected chi connectivity index (χ4v) is 3.02. The Morgan fingerprint density at radius 3 is 2.11 bits per heavy atom. The van der Waals surface area contributed by atoms with Crippen LogP contribution in [0.3, 0.4) is 0 Å². The number of amides is 1.